The molecule has 0 spiro atoms. The van der Waals surface area contributed by atoms with E-state index in [-0.39, 0.29) is 0 Å². The summed E-state index contributed by atoms with van der Waals surface area (Å²) in [7, 11) is 0. The maximum Gasteiger partial charge on any atom is 0.0239 e. The van der Waals surface area contributed by atoms with E-state index < -0.39 is 0 Å². The number of aryl methyl sites for hydroxylation is 2. The lowest BCUT2D eigenvalue weighted by atomic mass is 9.88. The zero-order chi connectivity index (χ0) is 13.8. The van der Waals surface area contributed by atoms with Crippen LogP contribution in [0.5, 0.6) is 0 Å². The van der Waals surface area contributed by atoms with Gasteiger partial charge < -0.3 is 5.73 Å². The van der Waals surface area contributed by atoms with Crippen LogP contribution < -0.4 is 5.73 Å². The van der Waals surface area contributed by atoms with E-state index in [2.05, 4.69) is 43.9 Å². The number of nitrogens with zero attached hydrogens (tertiary/aromatic N) is 1. The molecule has 1 aromatic rings. The summed E-state index contributed by atoms with van der Waals surface area (Å²) in [6, 6.07) is 7.33. The Morgan fingerprint density at radius 3 is 2.79 bits per heavy atom. The second-order valence-electron chi connectivity index (χ2n) is 6.09. The van der Waals surface area contributed by atoms with Crippen LogP contribution in [0.2, 0.25) is 0 Å². The van der Waals surface area contributed by atoms with Gasteiger partial charge in [0.2, 0.25) is 0 Å². The van der Waals surface area contributed by atoms with Gasteiger partial charge in [-0.3, -0.25) is 4.90 Å². The quantitative estimate of drug-likeness (QED) is 0.900. The Balaban J connectivity index is 2.07. The molecule has 2 unspecified atom stereocenters. The van der Waals surface area contributed by atoms with E-state index in [0.717, 1.165) is 19.0 Å². The average molecular weight is 260 g/mol. The van der Waals surface area contributed by atoms with Crippen LogP contribution in [0.3, 0.4) is 0 Å². The van der Waals surface area contributed by atoms with Crippen molar-refractivity contribution in [1.82, 2.24) is 4.90 Å². The highest BCUT2D eigenvalue weighted by atomic mass is 15.2. The fraction of sp³-hybridized carbons (Fsp3) is 0.647. The molecule has 2 N–H and O–H groups in total. The molecule has 2 heteroatoms. The first kappa shape index (κ1) is 14.5. The summed E-state index contributed by atoms with van der Waals surface area (Å²) in [6.07, 6.45) is 3.91. The number of hydrogen-bond acceptors (Lipinski definition) is 2. The summed E-state index contributed by atoms with van der Waals surface area (Å²) >= 11 is 0. The lowest BCUT2D eigenvalue weighted by Crippen LogP contribution is -2.46. The molecule has 1 heterocycles. The van der Waals surface area contributed by atoms with Gasteiger partial charge in [-0.05, 0) is 50.3 Å². The molecule has 1 saturated heterocycles. The van der Waals surface area contributed by atoms with Crippen LogP contribution in [0.1, 0.15) is 42.9 Å². The third kappa shape index (κ3) is 3.58. The molecule has 1 fully saturated rings. The van der Waals surface area contributed by atoms with E-state index in [1.807, 2.05) is 0 Å². The van der Waals surface area contributed by atoms with Gasteiger partial charge in [0.25, 0.3) is 0 Å². The van der Waals surface area contributed by atoms with Crippen LogP contribution >= 0.6 is 0 Å². The van der Waals surface area contributed by atoms with Crippen molar-refractivity contribution < 1.29 is 0 Å². The summed E-state index contributed by atoms with van der Waals surface area (Å²) in [4.78, 5) is 2.59. The monoisotopic (exact) mass is 260 g/mol. The molecule has 0 radical (unpaired) electrons. The summed E-state index contributed by atoms with van der Waals surface area (Å²) in [6.45, 7) is 9.75. The van der Waals surface area contributed by atoms with Crippen LogP contribution in [0.4, 0.5) is 0 Å². The second-order valence-corrected chi connectivity index (χ2v) is 6.09. The number of piperidine rings is 1. The fourth-order valence-corrected chi connectivity index (χ4v) is 3.20. The van der Waals surface area contributed by atoms with Gasteiger partial charge in [0, 0.05) is 19.1 Å². The van der Waals surface area contributed by atoms with Crippen molar-refractivity contribution in [3.05, 3.63) is 34.9 Å². The molecule has 2 rings (SSSR count). The Hall–Kier alpha value is -0.860. The minimum atomic E-state index is 0.568. The molecule has 106 valence electrons. The first-order valence-corrected chi connectivity index (χ1v) is 7.64. The number of likely N-dealkylation sites (tertiary alicyclic amines) is 1. The Bertz CT molecular complexity index is 414. The van der Waals surface area contributed by atoms with Gasteiger partial charge in [-0.2, -0.15) is 0 Å². The summed E-state index contributed by atoms with van der Waals surface area (Å²) in [5.74, 6) is 0.878. The smallest absolute Gasteiger partial charge is 0.0239 e. The summed E-state index contributed by atoms with van der Waals surface area (Å²) < 4.78 is 0. The Morgan fingerprint density at radius 2 is 2.11 bits per heavy atom. The lowest BCUT2D eigenvalue weighted by Gasteiger charge is -2.39. The molecule has 1 aromatic carbocycles. The van der Waals surface area contributed by atoms with Gasteiger partial charge in [0.05, 0.1) is 0 Å². The molecule has 1 aliphatic heterocycles. The molecule has 2 nitrogen and oxygen atoms in total. The first-order chi connectivity index (χ1) is 9.13. The van der Waals surface area contributed by atoms with Crippen molar-refractivity contribution in [3.63, 3.8) is 0 Å². The van der Waals surface area contributed by atoms with Crippen LogP contribution in [0, 0.1) is 19.8 Å². The third-order valence-electron chi connectivity index (χ3n) is 4.67. The Morgan fingerprint density at radius 1 is 1.32 bits per heavy atom. The van der Waals surface area contributed by atoms with Crippen molar-refractivity contribution >= 4 is 0 Å². The Labute approximate surface area is 118 Å². The van der Waals surface area contributed by atoms with Gasteiger partial charge in [0.1, 0.15) is 0 Å². The molecule has 0 saturated carbocycles. The average Bonchev–Trinajstić information content (AvgIpc) is 2.43. The van der Waals surface area contributed by atoms with E-state index in [4.69, 9.17) is 5.73 Å². The minimum Gasteiger partial charge on any atom is -0.329 e. The van der Waals surface area contributed by atoms with Gasteiger partial charge in [-0.25, -0.2) is 0 Å². The molecule has 19 heavy (non-hydrogen) atoms. The number of benzene rings is 1. The Kier molecular flexibility index (Phi) is 5.00. The standard InChI is InChI=1S/C17H28N2/c1-4-15-7-8-19(17(10-15)11-18)12-16-9-13(2)5-6-14(16)3/h5-6,9,15,17H,4,7-8,10-12,18H2,1-3H3. The molecule has 0 amide bonds. The molecule has 0 aromatic heterocycles. The number of hydrogen-bond donors (Lipinski definition) is 1. The van der Waals surface area contributed by atoms with E-state index in [9.17, 15) is 0 Å². The highest BCUT2D eigenvalue weighted by molar-refractivity contribution is 5.30. The van der Waals surface area contributed by atoms with E-state index in [0.29, 0.717) is 6.04 Å². The van der Waals surface area contributed by atoms with Gasteiger partial charge >= 0.3 is 0 Å². The molecule has 2 atom stereocenters. The van der Waals surface area contributed by atoms with Crippen molar-refractivity contribution in [2.45, 2.75) is 52.6 Å². The van der Waals surface area contributed by atoms with Crippen LogP contribution in [-0.4, -0.2) is 24.0 Å². The van der Waals surface area contributed by atoms with Crippen molar-refractivity contribution in [1.29, 1.82) is 0 Å². The maximum atomic E-state index is 5.99. The zero-order valence-corrected chi connectivity index (χ0v) is 12.7. The topological polar surface area (TPSA) is 29.3 Å². The molecule has 0 aliphatic carbocycles. The molecular weight excluding hydrogens is 232 g/mol. The van der Waals surface area contributed by atoms with Gasteiger partial charge in [0.15, 0.2) is 0 Å². The molecule has 0 bridgehead atoms. The third-order valence-corrected chi connectivity index (χ3v) is 4.67. The van der Waals surface area contributed by atoms with E-state index >= 15 is 0 Å². The predicted octanol–water partition coefficient (Wildman–Crippen LogP) is 3.25. The molecule has 1 aliphatic rings. The number of nitrogens with two attached hydrogens (primary N) is 1. The fourth-order valence-electron chi connectivity index (χ4n) is 3.20. The summed E-state index contributed by atoms with van der Waals surface area (Å²) in [5.41, 5.74) is 10.2. The van der Waals surface area contributed by atoms with Crippen LogP contribution in [0.25, 0.3) is 0 Å². The largest absolute Gasteiger partial charge is 0.329 e. The normalized spacial score (nSPS) is 24.6. The van der Waals surface area contributed by atoms with Gasteiger partial charge in [-0.15, -0.1) is 0 Å². The highest BCUT2D eigenvalue weighted by Gasteiger charge is 2.26. The lowest BCUT2D eigenvalue weighted by molar-refractivity contribution is 0.107. The van der Waals surface area contributed by atoms with Crippen LogP contribution in [0.15, 0.2) is 18.2 Å². The van der Waals surface area contributed by atoms with Crippen molar-refractivity contribution in [2.24, 2.45) is 11.7 Å². The highest BCUT2D eigenvalue weighted by Crippen LogP contribution is 2.27. The van der Waals surface area contributed by atoms with Crippen molar-refractivity contribution in [3.8, 4) is 0 Å². The minimum absolute atomic E-state index is 0.568. The molecular formula is C17H28N2. The van der Waals surface area contributed by atoms with Crippen LogP contribution in [-0.2, 0) is 6.54 Å². The first-order valence-electron chi connectivity index (χ1n) is 7.64. The SMILES string of the molecule is CCC1CCN(Cc2cc(C)ccc2C)C(CN)C1. The van der Waals surface area contributed by atoms with Gasteiger partial charge in [-0.1, -0.05) is 37.1 Å². The zero-order valence-electron chi connectivity index (χ0n) is 12.7. The number of rotatable bonds is 4. The van der Waals surface area contributed by atoms with E-state index in [1.54, 1.807) is 0 Å². The predicted molar refractivity (Wildman–Crippen MR) is 82.2 cm³/mol. The van der Waals surface area contributed by atoms with Crippen molar-refractivity contribution in [2.75, 3.05) is 13.1 Å². The van der Waals surface area contributed by atoms with E-state index in [1.165, 1.54) is 42.5 Å². The second kappa shape index (κ2) is 6.53. The maximum absolute atomic E-state index is 5.99. The summed E-state index contributed by atoms with van der Waals surface area (Å²) in [5, 5.41) is 0.